The fraction of sp³-hybridized carbons (Fsp3) is 0.500. The molecule has 0 aromatic carbocycles. The Hall–Kier alpha value is -1.57. The van der Waals surface area contributed by atoms with E-state index in [-0.39, 0.29) is 0 Å². The molecule has 0 spiro atoms. The van der Waals surface area contributed by atoms with Crippen LogP contribution in [-0.4, -0.2) is 48.8 Å². The molecule has 0 saturated heterocycles. The Labute approximate surface area is 90.2 Å². The van der Waals surface area contributed by atoms with Crippen LogP contribution >= 0.6 is 8.69 Å². The summed E-state index contributed by atoms with van der Waals surface area (Å²) >= 11 is 0. The lowest BCUT2D eigenvalue weighted by atomic mass is 9.96. The van der Waals surface area contributed by atoms with Crippen molar-refractivity contribution in [2.75, 3.05) is 0 Å². The Morgan fingerprint density at radius 3 is 1.38 bits per heavy atom. The first-order valence-electron chi connectivity index (χ1n) is 3.60. The lowest BCUT2D eigenvalue weighted by molar-refractivity contribution is -0.170. The lowest BCUT2D eigenvalue weighted by Gasteiger charge is -2.18. The second-order valence-corrected chi connectivity index (χ2v) is 2.75. The topological polar surface area (TPSA) is 169 Å². The summed E-state index contributed by atoms with van der Waals surface area (Å²) in [6.07, 6.45) is -2.29. The predicted molar refractivity (Wildman–Crippen MR) is 48.3 cm³/mol. The number of hydrogen-bond acceptors (Lipinski definition) is 5. The largest absolute Gasteiger partial charge is 0.491 e. The van der Waals surface area contributed by atoms with Crippen LogP contribution in [0.5, 0.6) is 0 Å². The molecule has 0 aromatic heterocycles. The molecule has 0 aromatic rings. The third-order valence-corrected chi connectivity index (χ3v) is 1.29. The number of hydrogen-bond donors (Lipinski definition) is 5. The highest BCUT2D eigenvalue weighted by Crippen LogP contribution is 2.15. The summed E-state index contributed by atoms with van der Waals surface area (Å²) in [6.45, 7) is 0. The zero-order valence-corrected chi connectivity index (χ0v) is 8.78. The van der Waals surface area contributed by atoms with Crippen molar-refractivity contribution >= 4 is 26.6 Å². The number of aliphatic hydroxyl groups is 1. The summed E-state index contributed by atoms with van der Waals surface area (Å²) in [5, 5.41) is 33.8. The van der Waals surface area contributed by atoms with E-state index in [9.17, 15) is 14.4 Å². The van der Waals surface area contributed by atoms with Crippen LogP contribution in [0.15, 0.2) is 0 Å². The molecule has 1 atom stereocenters. The van der Waals surface area contributed by atoms with Crippen LogP contribution < -0.4 is 0 Å². The van der Waals surface area contributed by atoms with Crippen molar-refractivity contribution in [1.82, 2.24) is 0 Å². The highest BCUT2D eigenvalue weighted by Gasteiger charge is 2.40. The second-order valence-electron chi connectivity index (χ2n) is 2.57. The van der Waals surface area contributed by atoms with E-state index in [0.29, 0.717) is 0 Å². The van der Waals surface area contributed by atoms with Gasteiger partial charge in [0.05, 0.1) is 12.8 Å². The molecule has 0 aliphatic rings. The predicted octanol–water partition coefficient (Wildman–Crippen LogP) is -1.33. The van der Waals surface area contributed by atoms with E-state index >= 15 is 0 Å². The van der Waals surface area contributed by atoms with Gasteiger partial charge >= 0.3 is 26.6 Å². The highest BCUT2D eigenvalue weighted by molar-refractivity contribution is 7.16. The second kappa shape index (κ2) is 7.69. The van der Waals surface area contributed by atoms with Crippen LogP contribution in [0.4, 0.5) is 0 Å². The van der Waals surface area contributed by atoms with E-state index in [0.717, 1.165) is 0 Å². The van der Waals surface area contributed by atoms with Crippen molar-refractivity contribution in [1.29, 1.82) is 0 Å². The SMILES string of the molecule is O=C(O)CC(O)(CC(=O)O)C(=O)O.O=[PH+]O. The van der Waals surface area contributed by atoms with Crippen molar-refractivity contribution in [2.24, 2.45) is 0 Å². The van der Waals surface area contributed by atoms with Crippen molar-refractivity contribution in [3.8, 4) is 0 Å². The number of rotatable bonds is 5. The van der Waals surface area contributed by atoms with E-state index < -0.39 is 45.0 Å². The Kier molecular flexibility index (Phi) is 8.09. The van der Waals surface area contributed by atoms with Crippen LogP contribution in [0.2, 0.25) is 0 Å². The van der Waals surface area contributed by atoms with E-state index in [1.165, 1.54) is 0 Å². The average Bonchev–Trinajstić information content (AvgIpc) is 2.01. The molecule has 0 saturated carbocycles. The van der Waals surface area contributed by atoms with Gasteiger partial charge in [0.1, 0.15) is 0 Å². The molecule has 0 aliphatic carbocycles. The molecule has 16 heavy (non-hydrogen) atoms. The molecule has 0 amide bonds. The molecular weight excluding hydrogens is 247 g/mol. The zero-order chi connectivity index (χ0) is 13.4. The van der Waals surface area contributed by atoms with Crippen molar-refractivity contribution < 1.29 is 44.3 Å². The highest BCUT2D eigenvalue weighted by atomic mass is 31.1. The van der Waals surface area contributed by atoms with Gasteiger partial charge < -0.3 is 20.4 Å². The molecule has 0 bridgehead atoms. The summed E-state index contributed by atoms with van der Waals surface area (Å²) < 4.78 is 8.51. The van der Waals surface area contributed by atoms with Gasteiger partial charge in [0.2, 0.25) is 0 Å². The molecule has 9 nitrogen and oxygen atoms in total. The number of carboxylic acids is 3. The van der Waals surface area contributed by atoms with Crippen LogP contribution in [0.3, 0.4) is 0 Å². The number of carboxylic acid groups (broad SMARTS) is 3. The summed E-state index contributed by atoms with van der Waals surface area (Å²) in [5.74, 6) is -5.02. The summed E-state index contributed by atoms with van der Waals surface area (Å²) in [5.41, 5.74) is -2.74. The maximum absolute atomic E-state index is 10.3. The molecule has 0 rings (SSSR count). The normalized spacial score (nSPS) is 10.1. The minimum Gasteiger partial charge on any atom is -0.481 e. The van der Waals surface area contributed by atoms with Gasteiger partial charge in [-0.25, -0.2) is 4.79 Å². The van der Waals surface area contributed by atoms with Crippen LogP contribution in [0, 0.1) is 0 Å². The summed E-state index contributed by atoms with van der Waals surface area (Å²) in [6, 6.07) is 0. The van der Waals surface area contributed by atoms with E-state index in [4.69, 9.17) is 29.9 Å². The van der Waals surface area contributed by atoms with Gasteiger partial charge in [-0.1, -0.05) is 0 Å². The molecule has 10 heteroatoms. The molecule has 92 valence electrons. The number of carbonyl (C=O) groups is 3. The van der Waals surface area contributed by atoms with Crippen LogP contribution in [0.25, 0.3) is 0 Å². The minimum absolute atomic E-state index is 1.14. The first kappa shape index (κ1) is 16.8. The Bertz CT molecular complexity index is 270. The smallest absolute Gasteiger partial charge is 0.481 e. The molecule has 0 radical (unpaired) electrons. The van der Waals surface area contributed by atoms with Crippen LogP contribution in [-0.2, 0) is 18.9 Å². The molecule has 1 unspecified atom stereocenters. The van der Waals surface area contributed by atoms with Crippen LogP contribution in [0.1, 0.15) is 12.8 Å². The first-order chi connectivity index (χ1) is 7.19. The standard InChI is InChI=1S/C6H8O7.HO2P/c7-3(8)1-6(13,5(11)12)2-4(9)10;1-3-2/h13H,1-2H2,(H,7,8)(H,9,10)(H,11,12);3H/p+1. The van der Waals surface area contributed by atoms with E-state index in [2.05, 4.69) is 0 Å². The molecule has 0 aliphatic heterocycles. The Morgan fingerprint density at radius 2 is 1.25 bits per heavy atom. The maximum atomic E-state index is 10.3. The minimum atomic E-state index is -2.74. The van der Waals surface area contributed by atoms with Gasteiger partial charge in [0, 0.05) is 0 Å². The maximum Gasteiger partial charge on any atom is 0.491 e. The summed E-state index contributed by atoms with van der Waals surface area (Å²) in [4.78, 5) is 37.5. The van der Waals surface area contributed by atoms with E-state index in [1.54, 1.807) is 0 Å². The third-order valence-electron chi connectivity index (χ3n) is 1.29. The van der Waals surface area contributed by atoms with Gasteiger partial charge in [-0.15, -0.1) is 0 Å². The molecular formula is C6H10O9P+. The van der Waals surface area contributed by atoms with Gasteiger partial charge in [-0.05, 0) is 4.57 Å². The van der Waals surface area contributed by atoms with Crippen molar-refractivity contribution in [3.05, 3.63) is 0 Å². The monoisotopic (exact) mass is 257 g/mol. The Morgan fingerprint density at radius 1 is 1.00 bits per heavy atom. The van der Waals surface area contributed by atoms with Crippen molar-refractivity contribution in [2.45, 2.75) is 18.4 Å². The van der Waals surface area contributed by atoms with Crippen molar-refractivity contribution in [3.63, 3.8) is 0 Å². The third kappa shape index (κ3) is 7.80. The first-order valence-corrected chi connectivity index (χ1v) is 4.45. The fourth-order valence-corrected chi connectivity index (χ4v) is 0.714. The molecule has 0 fully saturated rings. The lowest BCUT2D eigenvalue weighted by Crippen LogP contribution is -2.42. The fourth-order valence-electron chi connectivity index (χ4n) is 0.714. The van der Waals surface area contributed by atoms with Gasteiger partial charge in [-0.3, -0.25) is 9.59 Å². The van der Waals surface area contributed by atoms with Gasteiger partial charge in [0.25, 0.3) is 0 Å². The Balaban J connectivity index is 0. The summed E-state index contributed by atoms with van der Waals surface area (Å²) in [7, 11) is -1.17. The molecule has 5 N–H and O–H groups in total. The average molecular weight is 257 g/mol. The van der Waals surface area contributed by atoms with Gasteiger partial charge in [-0.2, -0.15) is 4.89 Å². The number of aliphatic carboxylic acids is 3. The molecule has 0 heterocycles. The van der Waals surface area contributed by atoms with E-state index in [1.807, 2.05) is 0 Å². The zero-order valence-electron chi connectivity index (χ0n) is 7.78. The van der Waals surface area contributed by atoms with Gasteiger partial charge in [0.15, 0.2) is 5.60 Å². The quantitative estimate of drug-likeness (QED) is 0.374.